The van der Waals surface area contributed by atoms with Crippen LogP contribution < -0.4 is 4.90 Å². The first-order chi connectivity index (χ1) is 8.20. The van der Waals surface area contributed by atoms with Gasteiger partial charge in [0.1, 0.15) is 0 Å². The van der Waals surface area contributed by atoms with Gasteiger partial charge in [0, 0.05) is 43.3 Å². The molecule has 0 N–H and O–H groups in total. The average molecular weight is 226 g/mol. The number of hydrogen-bond acceptors (Lipinski definition) is 3. The van der Waals surface area contributed by atoms with Crippen LogP contribution in [-0.4, -0.2) is 24.9 Å². The van der Waals surface area contributed by atoms with Crippen molar-refractivity contribution in [3.05, 3.63) is 59.9 Å². The molecule has 0 aliphatic heterocycles. The Labute approximate surface area is 101 Å². The van der Waals surface area contributed by atoms with Gasteiger partial charge in [-0.05, 0) is 24.3 Å². The molecule has 3 heteroatoms. The number of anilines is 1. The van der Waals surface area contributed by atoms with E-state index in [2.05, 4.69) is 4.98 Å². The molecule has 0 fully saturated rings. The second-order valence-corrected chi connectivity index (χ2v) is 3.98. The zero-order valence-corrected chi connectivity index (χ0v) is 9.92. The van der Waals surface area contributed by atoms with Crippen LogP contribution in [0.25, 0.3) is 0 Å². The van der Waals surface area contributed by atoms with Crippen molar-refractivity contribution < 1.29 is 4.79 Å². The molecule has 0 saturated carbocycles. The van der Waals surface area contributed by atoms with Gasteiger partial charge in [0.15, 0.2) is 5.78 Å². The van der Waals surface area contributed by atoms with Crippen molar-refractivity contribution in [2.75, 3.05) is 19.0 Å². The lowest BCUT2D eigenvalue weighted by atomic mass is 10.0. The summed E-state index contributed by atoms with van der Waals surface area (Å²) in [4.78, 5) is 18.2. The van der Waals surface area contributed by atoms with Gasteiger partial charge < -0.3 is 4.90 Å². The van der Waals surface area contributed by atoms with Crippen LogP contribution in [0.2, 0.25) is 0 Å². The summed E-state index contributed by atoms with van der Waals surface area (Å²) in [5.41, 5.74) is 2.30. The molecule has 17 heavy (non-hydrogen) atoms. The molecule has 0 bridgehead atoms. The summed E-state index contributed by atoms with van der Waals surface area (Å²) in [7, 11) is 3.86. The predicted octanol–water partition coefficient (Wildman–Crippen LogP) is 2.38. The molecule has 0 saturated heterocycles. The summed E-state index contributed by atoms with van der Waals surface area (Å²) in [6, 6.07) is 11.1. The van der Waals surface area contributed by atoms with Crippen LogP contribution in [0.4, 0.5) is 5.69 Å². The molecule has 1 aromatic carbocycles. The topological polar surface area (TPSA) is 33.2 Å². The van der Waals surface area contributed by atoms with Crippen LogP contribution in [0.15, 0.2) is 48.8 Å². The SMILES string of the molecule is CN(C)c1ccccc1C(=O)c1ccncc1. The molecule has 0 atom stereocenters. The zero-order valence-electron chi connectivity index (χ0n) is 9.92. The van der Waals surface area contributed by atoms with E-state index in [1.807, 2.05) is 43.3 Å². The molecule has 0 radical (unpaired) electrons. The van der Waals surface area contributed by atoms with Gasteiger partial charge >= 0.3 is 0 Å². The van der Waals surface area contributed by atoms with Gasteiger partial charge in [-0.3, -0.25) is 9.78 Å². The number of carbonyl (C=O) groups excluding carboxylic acids is 1. The van der Waals surface area contributed by atoms with Crippen LogP contribution in [0.3, 0.4) is 0 Å². The second-order valence-electron chi connectivity index (χ2n) is 3.98. The molecule has 0 amide bonds. The maximum absolute atomic E-state index is 12.3. The number of para-hydroxylation sites is 1. The fourth-order valence-electron chi connectivity index (χ4n) is 1.71. The Morgan fingerprint density at radius 2 is 1.71 bits per heavy atom. The van der Waals surface area contributed by atoms with E-state index in [9.17, 15) is 4.79 Å². The van der Waals surface area contributed by atoms with Crippen molar-refractivity contribution in [1.29, 1.82) is 0 Å². The quantitative estimate of drug-likeness (QED) is 0.753. The first-order valence-corrected chi connectivity index (χ1v) is 5.41. The monoisotopic (exact) mass is 226 g/mol. The summed E-state index contributed by atoms with van der Waals surface area (Å²) in [5.74, 6) is 0.0247. The number of hydrogen-bond donors (Lipinski definition) is 0. The summed E-state index contributed by atoms with van der Waals surface area (Å²) in [6.45, 7) is 0. The standard InChI is InChI=1S/C14H14N2O/c1-16(2)13-6-4-3-5-12(13)14(17)11-7-9-15-10-8-11/h3-10H,1-2H3. The molecule has 1 heterocycles. The Hall–Kier alpha value is -2.16. The minimum absolute atomic E-state index is 0.0247. The fraction of sp³-hybridized carbons (Fsp3) is 0.143. The summed E-state index contributed by atoms with van der Waals surface area (Å²) >= 11 is 0. The van der Waals surface area contributed by atoms with E-state index in [1.165, 1.54) is 0 Å². The highest BCUT2D eigenvalue weighted by molar-refractivity contribution is 6.12. The number of pyridine rings is 1. The summed E-state index contributed by atoms with van der Waals surface area (Å²) in [6.07, 6.45) is 3.26. The van der Waals surface area contributed by atoms with Crippen LogP contribution in [-0.2, 0) is 0 Å². The van der Waals surface area contributed by atoms with E-state index in [4.69, 9.17) is 0 Å². The molecule has 0 unspecified atom stereocenters. The highest BCUT2D eigenvalue weighted by Crippen LogP contribution is 2.20. The number of nitrogens with zero attached hydrogens (tertiary/aromatic N) is 2. The Morgan fingerprint density at radius 1 is 1.06 bits per heavy atom. The molecular weight excluding hydrogens is 212 g/mol. The lowest BCUT2D eigenvalue weighted by Crippen LogP contribution is -2.14. The molecular formula is C14H14N2O. The number of carbonyl (C=O) groups is 1. The first kappa shape index (κ1) is 11.3. The minimum atomic E-state index is 0.0247. The largest absolute Gasteiger partial charge is 0.377 e. The van der Waals surface area contributed by atoms with Crippen LogP contribution in [0.1, 0.15) is 15.9 Å². The molecule has 1 aromatic heterocycles. The van der Waals surface area contributed by atoms with Gasteiger partial charge in [-0.1, -0.05) is 12.1 Å². The number of benzene rings is 1. The Kier molecular flexibility index (Phi) is 3.19. The molecule has 0 aliphatic rings. The van der Waals surface area contributed by atoms with Gasteiger partial charge in [-0.15, -0.1) is 0 Å². The van der Waals surface area contributed by atoms with Crippen molar-refractivity contribution in [3.8, 4) is 0 Å². The third-order valence-corrected chi connectivity index (χ3v) is 2.57. The highest BCUT2D eigenvalue weighted by atomic mass is 16.1. The minimum Gasteiger partial charge on any atom is -0.377 e. The molecule has 86 valence electrons. The maximum atomic E-state index is 12.3. The number of ketones is 1. The predicted molar refractivity (Wildman–Crippen MR) is 68.4 cm³/mol. The van der Waals surface area contributed by atoms with Crippen LogP contribution in [0, 0.1) is 0 Å². The van der Waals surface area contributed by atoms with Gasteiger partial charge in [-0.25, -0.2) is 0 Å². The summed E-state index contributed by atoms with van der Waals surface area (Å²) < 4.78 is 0. The Bertz CT molecular complexity index is 521. The highest BCUT2D eigenvalue weighted by Gasteiger charge is 2.13. The molecule has 0 spiro atoms. The molecule has 2 rings (SSSR count). The van der Waals surface area contributed by atoms with Crippen molar-refractivity contribution in [1.82, 2.24) is 4.98 Å². The molecule has 0 aliphatic carbocycles. The van der Waals surface area contributed by atoms with E-state index >= 15 is 0 Å². The number of aromatic nitrogens is 1. The average Bonchev–Trinajstić information content (AvgIpc) is 2.39. The Morgan fingerprint density at radius 3 is 2.35 bits per heavy atom. The third kappa shape index (κ3) is 2.33. The van der Waals surface area contributed by atoms with Crippen LogP contribution in [0.5, 0.6) is 0 Å². The number of rotatable bonds is 3. The van der Waals surface area contributed by atoms with Gasteiger partial charge in [-0.2, -0.15) is 0 Å². The fourth-order valence-corrected chi connectivity index (χ4v) is 1.71. The smallest absolute Gasteiger partial charge is 0.195 e. The van der Waals surface area contributed by atoms with Crippen molar-refractivity contribution in [3.63, 3.8) is 0 Å². The molecule has 2 aromatic rings. The van der Waals surface area contributed by atoms with E-state index in [-0.39, 0.29) is 5.78 Å². The molecule has 3 nitrogen and oxygen atoms in total. The van der Waals surface area contributed by atoms with E-state index in [1.54, 1.807) is 24.5 Å². The Balaban J connectivity index is 2.45. The normalized spacial score (nSPS) is 10.0. The van der Waals surface area contributed by atoms with E-state index in [0.717, 1.165) is 5.69 Å². The summed E-state index contributed by atoms with van der Waals surface area (Å²) in [5, 5.41) is 0. The van der Waals surface area contributed by atoms with E-state index < -0.39 is 0 Å². The van der Waals surface area contributed by atoms with Crippen molar-refractivity contribution in [2.24, 2.45) is 0 Å². The van der Waals surface area contributed by atoms with Crippen LogP contribution >= 0.6 is 0 Å². The van der Waals surface area contributed by atoms with Crippen molar-refractivity contribution in [2.45, 2.75) is 0 Å². The van der Waals surface area contributed by atoms with E-state index in [0.29, 0.717) is 11.1 Å². The lowest BCUT2D eigenvalue weighted by Gasteiger charge is -2.16. The first-order valence-electron chi connectivity index (χ1n) is 5.41. The zero-order chi connectivity index (χ0) is 12.3. The van der Waals surface area contributed by atoms with Gasteiger partial charge in [0.25, 0.3) is 0 Å². The lowest BCUT2D eigenvalue weighted by molar-refractivity contribution is 0.103. The van der Waals surface area contributed by atoms with Gasteiger partial charge in [0.2, 0.25) is 0 Å². The third-order valence-electron chi connectivity index (χ3n) is 2.57. The maximum Gasteiger partial charge on any atom is 0.195 e. The second kappa shape index (κ2) is 4.78. The van der Waals surface area contributed by atoms with Crippen molar-refractivity contribution >= 4 is 11.5 Å². The van der Waals surface area contributed by atoms with Gasteiger partial charge in [0.05, 0.1) is 0 Å².